The molecule has 0 nitrogen and oxygen atoms in total. The van der Waals surface area contributed by atoms with Crippen molar-refractivity contribution in [1.82, 2.24) is 0 Å². The lowest BCUT2D eigenvalue weighted by Crippen LogP contribution is -2.26. The molecular formula is C30H60. The van der Waals surface area contributed by atoms with E-state index in [9.17, 15) is 0 Å². The van der Waals surface area contributed by atoms with Gasteiger partial charge in [0.15, 0.2) is 0 Å². The third kappa shape index (κ3) is 15.5. The van der Waals surface area contributed by atoms with Gasteiger partial charge in [-0.2, -0.15) is 0 Å². The smallest absolute Gasteiger partial charge is 0.0142 e. The first kappa shape index (κ1) is 29.7. The average Bonchev–Trinajstić information content (AvgIpc) is 2.70. The predicted molar refractivity (Wildman–Crippen MR) is 140 cm³/mol. The fourth-order valence-corrected chi connectivity index (χ4v) is 4.97. The number of allylic oxidation sites excluding steroid dienone is 1. The zero-order chi connectivity index (χ0) is 22.7. The maximum atomic E-state index is 4.61. The Morgan fingerprint density at radius 1 is 0.433 bits per heavy atom. The highest BCUT2D eigenvalue weighted by molar-refractivity contribution is 5.16. The van der Waals surface area contributed by atoms with Gasteiger partial charge in [0.1, 0.15) is 0 Å². The molecule has 0 aliphatic heterocycles. The largest absolute Gasteiger partial charge is 0.0988 e. The second-order valence-electron chi connectivity index (χ2n) is 11.4. The molecule has 0 saturated carbocycles. The molecule has 0 amide bonds. The Kier molecular flexibility index (Phi) is 18.2. The number of hydrogen-bond acceptors (Lipinski definition) is 0. The van der Waals surface area contributed by atoms with Crippen molar-refractivity contribution in [3.8, 4) is 0 Å². The second-order valence-corrected chi connectivity index (χ2v) is 11.4. The van der Waals surface area contributed by atoms with Gasteiger partial charge in [0.25, 0.3) is 0 Å². The summed E-state index contributed by atoms with van der Waals surface area (Å²) in [6.07, 6.45) is 28.1. The van der Waals surface area contributed by atoms with Gasteiger partial charge in [-0.1, -0.05) is 169 Å². The van der Waals surface area contributed by atoms with Crippen LogP contribution in [-0.4, -0.2) is 0 Å². The Labute approximate surface area is 193 Å². The van der Waals surface area contributed by atoms with Crippen LogP contribution in [0.4, 0.5) is 0 Å². The summed E-state index contributed by atoms with van der Waals surface area (Å²) in [6.45, 7) is 19.0. The van der Waals surface area contributed by atoms with Gasteiger partial charge < -0.3 is 0 Å². The summed E-state index contributed by atoms with van der Waals surface area (Å²) in [5, 5.41) is 0. The first-order chi connectivity index (χ1) is 14.3. The van der Waals surface area contributed by atoms with E-state index in [4.69, 9.17) is 0 Å². The Morgan fingerprint density at radius 3 is 0.933 bits per heavy atom. The molecule has 0 aliphatic carbocycles. The zero-order valence-electron chi connectivity index (χ0n) is 22.3. The summed E-state index contributed by atoms with van der Waals surface area (Å²) < 4.78 is 0. The Bertz CT molecular complexity index is 351. The molecule has 0 aromatic heterocycles. The van der Waals surface area contributed by atoms with Crippen LogP contribution < -0.4 is 0 Å². The van der Waals surface area contributed by atoms with Gasteiger partial charge in [-0.15, -0.1) is 0 Å². The zero-order valence-corrected chi connectivity index (χ0v) is 22.3. The van der Waals surface area contributed by atoms with Crippen LogP contribution in [0.2, 0.25) is 0 Å². The van der Waals surface area contributed by atoms with Crippen molar-refractivity contribution >= 4 is 0 Å². The first-order valence-electron chi connectivity index (χ1n) is 14.0. The molecule has 0 radical (unpaired) electrons. The van der Waals surface area contributed by atoms with Crippen molar-refractivity contribution in [1.29, 1.82) is 0 Å². The normalized spacial score (nSPS) is 12.5. The van der Waals surface area contributed by atoms with E-state index in [-0.39, 0.29) is 10.8 Å². The van der Waals surface area contributed by atoms with E-state index in [1.54, 1.807) is 0 Å². The van der Waals surface area contributed by atoms with Gasteiger partial charge in [0.2, 0.25) is 0 Å². The van der Waals surface area contributed by atoms with E-state index in [1.807, 2.05) is 0 Å². The van der Waals surface area contributed by atoms with Gasteiger partial charge >= 0.3 is 0 Å². The van der Waals surface area contributed by atoms with Crippen molar-refractivity contribution in [2.75, 3.05) is 0 Å². The molecule has 0 unspecified atom stereocenters. The van der Waals surface area contributed by atoms with Crippen molar-refractivity contribution in [3.63, 3.8) is 0 Å². The summed E-state index contributed by atoms with van der Waals surface area (Å²) in [6, 6.07) is 0. The molecule has 0 spiro atoms. The van der Waals surface area contributed by atoms with Crippen LogP contribution in [0.15, 0.2) is 12.2 Å². The van der Waals surface area contributed by atoms with E-state index in [2.05, 4.69) is 48.1 Å². The Hall–Kier alpha value is -0.260. The van der Waals surface area contributed by atoms with Gasteiger partial charge in [-0.25, -0.2) is 0 Å². The Balaban J connectivity index is 3.91. The van der Waals surface area contributed by atoms with Crippen molar-refractivity contribution in [2.24, 2.45) is 10.8 Å². The highest BCUT2D eigenvalue weighted by atomic mass is 14.4. The van der Waals surface area contributed by atoms with Crippen LogP contribution in [0.3, 0.4) is 0 Å². The molecule has 0 heteroatoms. The maximum absolute atomic E-state index is 4.61. The minimum Gasteiger partial charge on any atom is -0.0988 e. The molecule has 0 N–H and O–H groups in total. The fraction of sp³-hybridized carbons (Fsp3) is 0.933. The second kappa shape index (κ2) is 18.3. The van der Waals surface area contributed by atoms with Crippen LogP contribution >= 0.6 is 0 Å². The predicted octanol–water partition coefficient (Wildman–Crippen LogP) is 11.4. The quantitative estimate of drug-likeness (QED) is 0.121. The topological polar surface area (TPSA) is 0 Å². The molecule has 0 aliphatic rings. The lowest BCUT2D eigenvalue weighted by molar-refractivity contribution is 0.272. The van der Waals surface area contributed by atoms with Crippen molar-refractivity contribution in [2.45, 2.75) is 170 Å². The fourth-order valence-electron chi connectivity index (χ4n) is 4.97. The van der Waals surface area contributed by atoms with Crippen LogP contribution in [0, 0.1) is 10.8 Å². The molecule has 0 aromatic rings. The minimum atomic E-state index is 0.282. The standard InChI is InChI=1S/C30H60/c1-8-10-12-14-16-18-20-22-24-26-29(4,5)28(3)30(6,7)27-25-23-21-19-17-15-13-11-9-2/h3,8-27H2,1-2,4-7H3. The summed E-state index contributed by atoms with van der Waals surface area (Å²) in [4.78, 5) is 0. The van der Waals surface area contributed by atoms with Crippen LogP contribution in [0.25, 0.3) is 0 Å². The summed E-state index contributed by atoms with van der Waals surface area (Å²) >= 11 is 0. The van der Waals surface area contributed by atoms with Crippen LogP contribution in [0.1, 0.15) is 170 Å². The van der Waals surface area contributed by atoms with Crippen LogP contribution in [0.5, 0.6) is 0 Å². The number of rotatable bonds is 22. The SMILES string of the molecule is C=C(C(C)(C)CCCCCCCCCCC)C(C)(C)CCCCCCCCCCC. The minimum absolute atomic E-state index is 0.282. The average molecular weight is 421 g/mol. The van der Waals surface area contributed by atoms with Crippen molar-refractivity contribution in [3.05, 3.63) is 12.2 Å². The van der Waals surface area contributed by atoms with E-state index < -0.39 is 0 Å². The molecule has 0 rings (SSSR count). The van der Waals surface area contributed by atoms with E-state index in [1.165, 1.54) is 134 Å². The molecule has 0 heterocycles. The van der Waals surface area contributed by atoms with E-state index >= 15 is 0 Å². The molecule has 0 fully saturated rings. The number of unbranched alkanes of at least 4 members (excludes halogenated alkanes) is 16. The van der Waals surface area contributed by atoms with E-state index in [0.29, 0.717) is 0 Å². The van der Waals surface area contributed by atoms with Crippen LogP contribution in [-0.2, 0) is 0 Å². The van der Waals surface area contributed by atoms with Crippen molar-refractivity contribution < 1.29 is 0 Å². The highest BCUT2D eigenvalue weighted by Gasteiger charge is 2.32. The lowest BCUT2D eigenvalue weighted by Gasteiger charge is -2.39. The van der Waals surface area contributed by atoms with Gasteiger partial charge in [0, 0.05) is 0 Å². The third-order valence-corrected chi connectivity index (χ3v) is 7.44. The molecule has 0 aromatic carbocycles. The monoisotopic (exact) mass is 420 g/mol. The molecule has 0 bridgehead atoms. The molecular weight excluding hydrogens is 360 g/mol. The summed E-state index contributed by atoms with van der Waals surface area (Å²) in [7, 11) is 0. The van der Waals surface area contributed by atoms with Gasteiger partial charge in [-0.05, 0) is 23.7 Å². The van der Waals surface area contributed by atoms with Gasteiger partial charge in [0.05, 0.1) is 0 Å². The summed E-state index contributed by atoms with van der Waals surface area (Å²) in [5.74, 6) is 0. The summed E-state index contributed by atoms with van der Waals surface area (Å²) in [5.41, 5.74) is 2.06. The van der Waals surface area contributed by atoms with Gasteiger partial charge in [-0.3, -0.25) is 0 Å². The first-order valence-corrected chi connectivity index (χ1v) is 14.0. The van der Waals surface area contributed by atoms with E-state index in [0.717, 1.165) is 0 Å². The molecule has 30 heavy (non-hydrogen) atoms. The number of hydrogen-bond donors (Lipinski definition) is 0. The Morgan fingerprint density at radius 2 is 0.667 bits per heavy atom. The third-order valence-electron chi connectivity index (χ3n) is 7.44. The maximum Gasteiger partial charge on any atom is -0.0142 e. The highest BCUT2D eigenvalue weighted by Crippen LogP contribution is 2.44. The molecule has 180 valence electrons. The molecule has 0 saturated heterocycles. The molecule has 0 atom stereocenters. The lowest BCUT2D eigenvalue weighted by atomic mass is 9.66.